The molecule has 142 valence electrons. The van der Waals surface area contributed by atoms with E-state index >= 15 is 0 Å². The number of benzene rings is 2. The third-order valence-electron chi connectivity index (χ3n) is 5.12. The first-order valence-electron chi connectivity index (χ1n) is 10.5. The number of hydrogen-bond donors (Lipinski definition) is 0. The maximum atomic E-state index is 13.2. The van der Waals surface area contributed by atoms with Crippen molar-refractivity contribution in [3.05, 3.63) is 48.0 Å². The van der Waals surface area contributed by atoms with Crippen LogP contribution in [0.15, 0.2) is 42.5 Å². The van der Waals surface area contributed by atoms with Crippen molar-refractivity contribution in [1.29, 1.82) is 0 Å². The Morgan fingerprint density at radius 3 is 2.12 bits per heavy atom. The summed E-state index contributed by atoms with van der Waals surface area (Å²) in [6.45, 7) is 6.20. The van der Waals surface area contributed by atoms with Crippen molar-refractivity contribution >= 4 is 16.7 Å². The Hall–Kier alpha value is -1.83. The van der Waals surface area contributed by atoms with Crippen molar-refractivity contribution in [3.63, 3.8) is 0 Å². The standard InChI is InChI=1S/C24H35NO/c1-3-5-7-8-9-10-13-20-25(19-6-4-2)24(26)23-18-14-16-21-15-11-12-17-22(21)23/h11-12,14-18H,3-10,13,19-20H2,1-2H3. The molecule has 1 amide bonds. The first kappa shape index (κ1) is 20.5. The second-order valence-corrected chi connectivity index (χ2v) is 7.29. The van der Waals surface area contributed by atoms with Gasteiger partial charge in [-0.15, -0.1) is 0 Å². The van der Waals surface area contributed by atoms with Crippen LogP contribution in [-0.2, 0) is 0 Å². The molecule has 0 aliphatic heterocycles. The van der Waals surface area contributed by atoms with E-state index in [1.54, 1.807) is 0 Å². The fourth-order valence-corrected chi connectivity index (χ4v) is 3.51. The summed E-state index contributed by atoms with van der Waals surface area (Å²) in [5, 5.41) is 2.21. The highest BCUT2D eigenvalue weighted by atomic mass is 16.2. The first-order valence-corrected chi connectivity index (χ1v) is 10.5. The Morgan fingerprint density at radius 2 is 1.35 bits per heavy atom. The summed E-state index contributed by atoms with van der Waals surface area (Å²) in [6.07, 6.45) is 11.2. The van der Waals surface area contributed by atoms with Gasteiger partial charge in [-0.05, 0) is 29.7 Å². The Bertz CT molecular complexity index is 659. The summed E-state index contributed by atoms with van der Waals surface area (Å²) in [6, 6.07) is 14.3. The van der Waals surface area contributed by atoms with Crippen LogP contribution >= 0.6 is 0 Å². The lowest BCUT2D eigenvalue weighted by Crippen LogP contribution is -2.33. The highest BCUT2D eigenvalue weighted by Gasteiger charge is 2.17. The zero-order chi connectivity index (χ0) is 18.6. The number of carbonyl (C=O) groups is 1. The van der Waals surface area contributed by atoms with E-state index in [0.717, 1.165) is 48.7 Å². The van der Waals surface area contributed by atoms with Crippen LogP contribution in [-0.4, -0.2) is 23.9 Å². The van der Waals surface area contributed by atoms with E-state index in [1.807, 2.05) is 24.3 Å². The number of carbonyl (C=O) groups excluding carboxylic acids is 1. The van der Waals surface area contributed by atoms with E-state index in [0.29, 0.717) is 0 Å². The van der Waals surface area contributed by atoms with E-state index in [9.17, 15) is 4.79 Å². The minimum Gasteiger partial charge on any atom is -0.339 e. The maximum absolute atomic E-state index is 13.2. The minimum absolute atomic E-state index is 0.196. The van der Waals surface area contributed by atoms with E-state index in [-0.39, 0.29) is 5.91 Å². The molecule has 0 aliphatic rings. The van der Waals surface area contributed by atoms with Crippen LogP contribution in [0.1, 0.15) is 82.0 Å². The normalized spacial score (nSPS) is 11.0. The molecule has 0 fully saturated rings. The molecule has 0 aromatic heterocycles. The lowest BCUT2D eigenvalue weighted by Gasteiger charge is -2.23. The van der Waals surface area contributed by atoms with Crippen LogP contribution in [0.5, 0.6) is 0 Å². The lowest BCUT2D eigenvalue weighted by atomic mass is 10.0. The first-order chi connectivity index (χ1) is 12.8. The van der Waals surface area contributed by atoms with Gasteiger partial charge in [0.1, 0.15) is 0 Å². The van der Waals surface area contributed by atoms with Crippen molar-refractivity contribution in [2.24, 2.45) is 0 Å². The van der Waals surface area contributed by atoms with Gasteiger partial charge in [0.15, 0.2) is 0 Å². The van der Waals surface area contributed by atoms with Crippen LogP contribution in [0.2, 0.25) is 0 Å². The topological polar surface area (TPSA) is 20.3 Å². The van der Waals surface area contributed by atoms with Crippen molar-refractivity contribution in [2.75, 3.05) is 13.1 Å². The summed E-state index contributed by atoms with van der Waals surface area (Å²) in [5.74, 6) is 0.196. The lowest BCUT2D eigenvalue weighted by molar-refractivity contribution is 0.0752. The quantitative estimate of drug-likeness (QED) is 0.383. The molecule has 2 rings (SSSR count). The molecule has 2 heteroatoms. The predicted octanol–water partition coefficient (Wildman–Crippen LogP) is 6.83. The molecule has 0 heterocycles. The van der Waals surface area contributed by atoms with Crippen molar-refractivity contribution in [3.8, 4) is 0 Å². The van der Waals surface area contributed by atoms with Gasteiger partial charge in [0.25, 0.3) is 5.91 Å². The molecule has 0 radical (unpaired) electrons. The van der Waals surface area contributed by atoms with E-state index in [2.05, 4.69) is 36.9 Å². The maximum Gasteiger partial charge on any atom is 0.254 e. The Morgan fingerprint density at radius 1 is 0.731 bits per heavy atom. The third-order valence-corrected chi connectivity index (χ3v) is 5.12. The monoisotopic (exact) mass is 353 g/mol. The van der Waals surface area contributed by atoms with Gasteiger partial charge < -0.3 is 4.90 Å². The number of fused-ring (bicyclic) bond motifs is 1. The van der Waals surface area contributed by atoms with Gasteiger partial charge in [-0.1, -0.05) is 95.2 Å². The van der Waals surface area contributed by atoms with Crippen LogP contribution in [0, 0.1) is 0 Å². The van der Waals surface area contributed by atoms with E-state index in [1.165, 1.54) is 38.5 Å². The molecule has 2 nitrogen and oxygen atoms in total. The van der Waals surface area contributed by atoms with Crippen molar-refractivity contribution < 1.29 is 4.79 Å². The molecule has 0 aliphatic carbocycles. The van der Waals surface area contributed by atoms with Gasteiger partial charge in [-0.2, -0.15) is 0 Å². The minimum atomic E-state index is 0.196. The molecular formula is C24H35NO. The number of hydrogen-bond acceptors (Lipinski definition) is 1. The fraction of sp³-hybridized carbons (Fsp3) is 0.542. The summed E-state index contributed by atoms with van der Waals surface area (Å²) in [5.41, 5.74) is 0.849. The zero-order valence-corrected chi connectivity index (χ0v) is 16.7. The van der Waals surface area contributed by atoms with Gasteiger partial charge >= 0.3 is 0 Å². The molecule has 2 aromatic carbocycles. The van der Waals surface area contributed by atoms with Crippen molar-refractivity contribution in [2.45, 2.75) is 71.6 Å². The second-order valence-electron chi connectivity index (χ2n) is 7.29. The molecule has 26 heavy (non-hydrogen) atoms. The second kappa shape index (κ2) is 11.7. The van der Waals surface area contributed by atoms with Crippen LogP contribution < -0.4 is 0 Å². The molecular weight excluding hydrogens is 318 g/mol. The average molecular weight is 354 g/mol. The number of amides is 1. The Balaban J connectivity index is 1.97. The summed E-state index contributed by atoms with van der Waals surface area (Å²) < 4.78 is 0. The van der Waals surface area contributed by atoms with Crippen LogP contribution in [0.25, 0.3) is 10.8 Å². The average Bonchev–Trinajstić information content (AvgIpc) is 2.68. The molecule has 0 N–H and O–H groups in total. The molecule has 0 atom stereocenters. The Kier molecular flexibility index (Phi) is 9.23. The molecule has 0 spiro atoms. The fourth-order valence-electron chi connectivity index (χ4n) is 3.51. The van der Waals surface area contributed by atoms with Gasteiger partial charge in [0, 0.05) is 18.7 Å². The van der Waals surface area contributed by atoms with Gasteiger partial charge in [-0.3, -0.25) is 4.79 Å². The predicted molar refractivity (Wildman–Crippen MR) is 113 cm³/mol. The third kappa shape index (κ3) is 6.16. The molecule has 0 unspecified atom stereocenters. The highest BCUT2D eigenvalue weighted by Crippen LogP contribution is 2.20. The van der Waals surface area contributed by atoms with Crippen molar-refractivity contribution in [1.82, 2.24) is 4.90 Å². The van der Waals surface area contributed by atoms with E-state index in [4.69, 9.17) is 0 Å². The highest BCUT2D eigenvalue weighted by molar-refractivity contribution is 6.07. The van der Waals surface area contributed by atoms with Gasteiger partial charge in [-0.25, -0.2) is 0 Å². The number of unbranched alkanes of at least 4 members (excludes halogenated alkanes) is 7. The SMILES string of the molecule is CCCCCCCCCN(CCCC)C(=O)c1cccc2ccccc12. The van der Waals surface area contributed by atoms with Crippen LogP contribution in [0.3, 0.4) is 0 Å². The van der Waals surface area contributed by atoms with Gasteiger partial charge in [0.05, 0.1) is 0 Å². The Labute approximate surface area is 159 Å². The summed E-state index contributed by atoms with van der Waals surface area (Å²) in [4.78, 5) is 15.3. The summed E-state index contributed by atoms with van der Waals surface area (Å²) in [7, 11) is 0. The molecule has 0 bridgehead atoms. The largest absolute Gasteiger partial charge is 0.339 e. The number of rotatable bonds is 12. The van der Waals surface area contributed by atoms with Gasteiger partial charge in [0.2, 0.25) is 0 Å². The molecule has 0 saturated carbocycles. The summed E-state index contributed by atoms with van der Waals surface area (Å²) >= 11 is 0. The molecule has 2 aromatic rings. The molecule has 0 saturated heterocycles. The zero-order valence-electron chi connectivity index (χ0n) is 16.7. The smallest absolute Gasteiger partial charge is 0.254 e. The van der Waals surface area contributed by atoms with Crippen LogP contribution in [0.4, 0.5) is 0 Å². The van der Waals surface area contributed by atoms with E-state index < -0.39 is 0 Å². The number of nitrogens with zero attached hydrogens (tertiary/aromatic N) is 1.